The lowest BCUT2D eigenvalue weighted by Gasteiger charge is -2.26. The second-order valence-electron chi connectivity index (χ2n) is 8.51. The third-order valence-corrected chi connectivity index (χ3v) is 4.74. The Morgan fingerprint density at radius 1 is 1.00 bits per heavy atom. The number of fused-ring (bicyclic) bond motifs is 1. The zero-order valence-electron chi connectivity index (χ0n) is 17.8. The van der Waals surface area contributed by atoms with Crippen LogP contribution in [0.2, 0.25) is 0 Å². The van der Waals surface area contributed by atoms with Crippen molar-refractivity contribution in [1.29, 1.82) is 0 Å². The smallest absolute Gasteiger partial charge is 0.416 e. The number of rotatable bonds is 5. The molecule has 1 aliphatic rings. The van der Waals surface area contributed by atoms with E-state index in [-0.39, 0.29) is 29.7 Å². The van der Waals surface area contributed by atoms with E-state index in [1.54, 1.807) is 32.9 Å². The zero-order chi connectivity index (χ0) is 23.7. The van der Waals surface area contributed by atoms with Crippen LogP contribution < -0.4 is 5.32 Å². The van der Waals surface area contributed by atoms with Crippen LogP contribution >= 0.6 is 0 Å². The topological polar surface area (TPSA) is 75.7 Å². The predicted molar refractivity (Wildman–Crippen MR) is 110 cm³/mol. The Morgan fingerprint density at radius 2 is 1.59 bits per heavy atom. The number of imide groups is 1. The Labute approximate surface area is 183 Å². The summed E-state index contributed by atoms with van der Waals surface area (Å²) in [5.74, 6) is -1.05. The highest BCUT2D eigenvalue weighted by Gasteiger charge is 2.37. The molecule has 2 aromatic rings. The van der Waals surface area contributed by atoms with Gasteiger partial charge < -0.3 is 10.1 Å². The molecular weight excluding hydrogens is 425 g/mol. The van der Waals surface area contributed by atoms with Crippen molar-refractivity contribution in [2.45, 2.75) is 45.0 Å². The average molecular weight is 448 g/mol. The van der Waals surface area contributed by atoms with Crippen molar-refractivity contribution in [2.24, 2.45) is 0 Å². The van der Waals surface area contributed by atoms with Crippen molar-refractivity contribution < 1.29 is 32.3 Å². The van der Waals surface area contributed by atoms with Crippen LogP contribution in [-0.2, 0) is 17.3 Å². The number of carbonyl (C=O) groups is 3. The molecule has 0 saturated heterocycles. The third-order valence-electron chi connectivity index (χ3n) is 4.74. The van der Waals surface area contributed by atoms with Crippen molar-refractivity contribution >= 4 is 17.9 Å². The number of hydrogen-bond acceptors (Lipinski definition) is 4. The van der Waals surface area contributed by atoms with E-state index in [4.69, 9.17) is 4.74 Å². The molecule has 1 aliphatic heterocycles. The molecule has 1 atom stereocenters. The fraction of sp³-hybridized carbons (Fsp3) is 0.348. The van der Waals surface area contributed by atoms with Crippen LogP contribution in [0.25, 0.3) is 0 Å². The summed E-state index contributed by atoms with van der Waals surface area (Å²) in [4.78, 5) is 38.7. The number of alkyl carbamates (subject to hydrolysis) is 1. The number of ether oxygens (including phenoxy) is 1. The van der Waals surface area contributed by atoms with Gasteiger partial charge in [0, 0.05) is 0 Å². The minimum absolute atomic E-state index is 0.0451. The van der Waals surface area contributed by atoms with Crippen LogP contribution in [0.4, 0.5) is 18.0 Å². The van der Waals surface area contributed by atoms with Gasteiger partial charge in [-0.25, -0.2) is 4.79 Å². The van der Waals surface area contributed by atoms with Crippen LogP contribution in [0, 0.1) is 0 Å². The summed E-state index contributed by atoms with van der Waals surface area (Å²) in [7, 11) is 0. The summed E-state index contributed by atoms with van der Waals surface area (Å²) < 4.78 is 44.5. The predicted octanol–water partition coefficient (Wildman–Crippen LogP) is 4.44. The summed E-state index contributed by atoms with van der Waals surface area (Å²) in [5, 5.41) is 2.59. The number of carbonyl (C=O) groups excluding carboxylic acids is 3. The number of alkyl halides is 3. The summed E-state index contributed by atoms with van der Waals surface area (Å²) >= 11 is 0. The summed E-state index contributed by atoms with van der Waals surface area (Å²) in [5.41, 5.74) is -0.857. The Hall–Kier alpha value is -3.36. The van der Waals surface area contributed by atoms with E-state index in [0.29, 0.717) is 0 Å². The fourth-order valence-corrected chi connectivity index (χ4v) is 3.42. The second-order valence-corrected chi connectivity index (χ2v) is 8.51. The first kappa shape index (κ1) is 23.3. The maximum atomic E-state index is 13.1. The highest BCUT2D eigenvalue weighted by atomic mass is 19.4. The molecule has 170 valence electrons. The monoisotopic (exact) mass is 448 g/mol. The van der Waals surface area contributed by atoms with Gasteiger partial charge in [-0.2, -0.15) is 13.2 Å². The molecule has 2 aromatic carbocycles. The standard InChI is InChI=1S/C23H23F3N2O4/c1-22(2,3)32-21(31)27-16(12-14-7-6-8-15(11-14)23(24,25)26)13-28-19(29)17-9-4-5-10-18(17)20(28)30/h4-11,16H,12-13H2,1-3H3,(H,27,31)/t16-/m1/s1. The van der Waals surface area contributed by atoms with E-state index < -0.39 is 41.3 Å². The first-order chi connectivity index (χ1) is 14.8. The van der Waals surface area contributed by atoms with E-state index in [1.807, 2.05) is 0 Å². The molecule has 6 nitrogen and oxygen atoms in total. The lowest BCUT2D eigenvalue weighted by Crippen LogP contribution is -2.48. The van der Waals surface area contributed by atoms with Gasteiger partial charge in [0.05, 0.1) is 29.3 Å². The molecule has 32 heavy (non-hydrogen) atoms. The largest absolute Gasteiger partial charge is 0.444 e. The van der Waals surface area contributed by atoms with Gasteiger partial charge in [-0.05, 0) is 51.0 Å². The SMILES string of the molecule is CC(C)(C)OC(=O)N[C@H](Cc1cccc(C(F)(F)F)c1)CN1C(=O)c2ccccc2C1=O. The Balaban J connectivity index is 1.84. The van der Waals surface area contributed by atoms with Crippen LogP contribution in [0.5, 0.6) is 0 Å². The van der Waals surface area contributed by atoms with E-state index in [2.05, 4.69) is 5.32 Å². The molecule has 0 aliphatic carbocycles. The molecule has 0 radical (unpaired) electrons. The van der Waals surface area contributed by atoms with Crippen molar-refractivity contribution in [3.63, 3.8) is 0 Å². The maximum absolute atomic E-state index is 13.1. The van der Waals surface area contributed by atoms with Crippen LogP contribution in [0.15, 0.2) is 48.5 Å². The maximum Gasteiger partial charge on any atom is 0.416 e. The highest BCUT2D eigenvalue weighted by molar-refractivity contribution is 6.21. The van der Waals surface area contributed by atoms with Crippen molar-refractivity contribution in [3.05, 3.63) is 70.8 Å². The number of amides is 3. The lowest BCUT2D eigenvalue weighted by molar-refractivity contribution is -0.137. The lowest BCUT2D eigenvalue weighted by atomic mass is 10.0. The van der Waals surface area contributed by atoms with Crippen LogP contribution in [0.1, 0.15) is 52.6 Å². The molecule has 3 rings (SSSR count). The molecule has 3 amide bonds. The fourth-order valence-electron chi connectivity index (χ4n) is 3.42. The first-order valence-corrected chi connectivity index (χ1v) is 9.96. The van der Waals surface area contributed by atoms with E-state index in [9.17, 15) is 27.6 Å². The molecule has 0 fully saturated rings. The van der Waals surface area contributed by atoms with Crippen molar-refractivity contribution in [1.82, 2.24) is 10.2 Å². The van der Waals surface area contributed by atoms with Gasteiger partial charge in [-0.1, -0.05) is 30.3 Å². The summed E-state index contributed by atoms with van der Waals surface area (Å²) in [6.07, 6.45) is -5.37. The van der Waals surface area contributed by atoms with Gasteiger partial charge >= 0.3 is 12.3 Å². The highest BCUT2D eigenvalue weighted by Crippen LogP contribution is 2.30. The first-order valence-electron chi connectivity index (χ1n) is 9.96. The van der Waals surface area contributed by atoms with Crippen LogP contribution in [0.3, 0.4) is 0 Å². The Kier molecular flexibility index (Phi) is 6.29. The molecule has 9 heteroatoms. The molecule has 0 saturated carbocycles. The van der Waals surface area contributed by atoms with Gasteiger partial charge in [0.1, 0.15) is 5.60 Å². The average Bonchev–Trinajstić information content (AvgIpc) is 2.91. The number of nitrogens with one attached hydrogen (secondary N) is 1. The van der Waals surface area contributed by atoms with Gasteiger partial charge in [-0.15, -0.1) is 0 Å². The second kappa shape index (κ2) is 8.64. The molecule has 0 unspecified atom stereocenters. The normalized spacial score (nSPS) is 14.9. The Morgan fingerprint density at radius 3 is 2.12 bits per heavy atom. The minimum Gasteiger partial charge on any atom is -0.444 e. The van der Waals surface area contributed by atoms with Gasteiger partial charge in [0.25, 0.3) is 11.8 Å². The Bertz CT molecular complexity index is 1010. The number of benzene rings is 2. The van der Waals surface area contributed by atoms with E-state index >= 15 is 0 Å². The van der Waals surface area contributed by atoms with Gasteiger partial charge in [0.2, 0.25) is 0 Å². The van der Waals surface area contributed by atoms with Crippen molar-refractivity contribution in [3.8, 4) is 0 Å². The molecule has 0 bridgehead atoms. The molecule has 1 N–H and O–H groups in total. The number of hydrogen-bond donors (Lipinski definition) is 1. The van der Waals surface area contributed by atoms with Crippen LogP contribution in [-0.4, -0.2) is 41.0 Å². The zero-order valence-corrected chi connectivity index (χ0v) is 17.8. The minimum atomic E-state index is -4.52. The molecule has 1 heterocycles. The quantitative estimate of drug-likeness (QED) is 0.687. The van der Waals surface area contributed by atoms with Gasteiger partial charge in [0.15, 0.2) is 0 Å². The molecule has 0 spiro atoms. The van der Waals surface area contributed by atoms with E-state index in [1.165, 1.54) is 24.3 Å². The summed E-state index contributed by atoms with van der Waals surface area (Å²) in [6.45, 7) is 4.78. The molecular formula is C23H23F3N2O4. The molecule has 0 aromatic heterocycles. The third kappa shape index (κ3) is 5.46. The van der Waals surface area contributed by atoms with E-state index in [0.717, 1.165) is 17.0 Å². The summed E-state index contributed by atoms with van der Waals surface area (Å²) in [6, 6.07) is 10.1. The number of nitrogens with zero attached hydrogens (tertiary/aromatic N) is 1. The number of halogens is 3. The van der Waals surface area contributed by atoms with Crippen molar-refractivity contribution in [2.75, 3.05) is 6.54 Å². The van der Waals surface area contributed by atoms with Gasteiger partial charge in [-0.3, -0.25) is 14.5 Å².